The van der Waals surface area contributed by atoms with Gasteiger partial charge in [-0.15, -0.1) is 11.3 Å². The number of rotatable bonds is 5. The fourth-order valence-corrected chi connectivity index (χ4v) is 3.03. The Hall–Kier alpha value is -1.14. The summed E-state index contributed by atoms with van der Waals surface area (Å²) in [4.78, 5) is 17.4. The maximum absolute atomic E-state index is 12.2. The summed E-state index contributed by atoms with van der Waals surface area (Å²) in [6, 6.07) is 1.85. The van der Waals surface area contributed by atoms with Crippen molar-refractivity contribution in [3.8, 4) is 0 Å². The normalized spacial score (nSPS) is 10.7. The monoisotopic (exact) mass is 341 g/mol. The van der Waals surface area contributed by atoms with Gasteiger partial charge >= 0.3 is 0 Å². The molecule has 2 aromatic heterocycles. The topological polar surface area (TPSA) is 46.9 Å². The molecule has 102 valence electrons. The van der Waals surface area contributed by atoms with Crippen molar-refractivity contribution in [2.75, 3.05) is 0 Å². The van der Waals surface area contributed by atoms with Crippen LogP contribution in [-0.4, -0.2) is 15.5 Å². The highest BCUT2D eigenvalue weighted by Gasteiger charge is 2.12. The van der Waals surface area contributed by atoms with Crippen molar-refractivity contribution in [3.05, 3.63) is 38.5 Å². The third-order valence-corrected chi connectivity index (χ3v) is 4.00. The number of hydrogen-bond donors (Lipinski definition) is 1. The number of aromatic nitrogens is 2. The predicted octanol–water partition coefficient (Wildman–Crippen LogP) is 3.36. The molecule has 0 aliphatic rings. The van der Waals surface area contributed by atoms with Crippen molar-refractivity contribution in [1.82, 2.24) is 14.9 Å². The second-order valence-electron chi connectivity index (χ2n) is 4.27. The van der Waals surface area contributed by atoms with E-state index in [1.807, 2.05) is 23.8 Å². The lowest BCUT2D eigenvalue weighted by atomic mass is 10.3. The molecule has 4 nitrogen and oxygen atoms in total. The molecule has 2 rings (SSSR count). The first-order chi connectivity index (χ1) is 9.10. The van der Waals surface area contributed by atoms with Gasteiger partial charge in [0.05, 0.1) is 11.6 Å². The second-order valence-corrected chi connectivity index (χ2v) is 6.50. The van der Waals surface area contributed by atoms with Gasteiger partial charge in [0.15, 0.2) is 0 Å². The standard InChI is InChI=1S/C13H16BrN3OS/c1-3-4-17-8-10(14)5-12(17)13(18)16-7-11-6-15-9(2)19-11/h5-6,8H,3-4,7H2,1-2H3,(H,16,18). The van der Waals surface area contributed by atoms with Crippen molar-refractivity contribution in [2.45, 2.75) is 33.4 Å². The van der Waals surface area contributed by atoms with Crippen LogP contribution in [0, 0.1) is 6.92 Å². The highest BCUT2D eigenvalue weighted by molar-refractivity contribution is 9.10. The molecule has 0 aliphatic heterocycles. The first-order valence-electron chi connectivity index (χ1n) is 6.15. The largest absolute Gasteiger partial charge is 0.346 e. The lowest BCUT2D eigenvalue weighted by Crippen LogP contribution is -2.25. The lowest BCUT2D eigenvalue weighted by molar-refractivity contribution is 0.0942. The smallest absolute Gasteiger partial charge is 0.268 e. The molecule has 0 radical (unpaired) electrons. The number of hydrogen-bond acceptors (Lipinski definition) is 3. The molecule has 19 heavy (non-hydrogen) atoms. The van der Waals surface area contributed by atoms with Crippen LogP contribution in [0.3, 0.4) is 0 Å². The quantitative estimate of drug-likeness (QED) is 0.906. The van der Waals surface area contributed by atoms with E-state index >= 15 is 0 Å². The Morgan fingerprint density at radius 3 is 3.00 bits per heavy atom. The van der Waals surface area contributed by atoms with E-state index < -0.39 is 0 Å². The molecule has 2 aromatic rings. The predicted molar refractivity (Wildman–Crippen MR) is 80.4 cm³/mol. The summed E-state index contributed by atoms with van der Waals surface area (Å²) in [5, 5.41) is 3.95. The van der Waals surface area contributed by atoms with Gasteiger partial charge in [-0.25, -0.2) is 4.98 Å². The first kappa shape index (κ1) is 14.3. The minimum absolute atomic E-state index is 0.0507. The van der Waals surface area contributed by atoms with Gasteiger partial charge < -0.3 is 9.88 Å². The second kappa shape index (κ2) is 6.34. The van der Waals surface area contributed by atoms with Crippen molar-refractivity contribution in [2.24, 2.45) is 0 Å². The van der Waals surface area contributed by atoms with E-state index in [1.54, 1.807) is 17.5 Å². The number of carbonyl (C=O) groups excluding carboxylic acids is 1. The summed E-state index contributed by atoms with van der Waals surface area (Å²) in [6.45, 7) is 5.42. The Labute approximate surface area is 125 Å². The van der Waals surface area contributed by atoms with Crippen LogP contribution in [0.5, 0.6) is 0 Å². The van der Waals surface area contributed by atoms with Crippen LogP contribution >= 0.6 is 27.3 Å². The molecule has 0 bridgehead atoms. The number of nitrogens with zero attached hydrogens (tertiary/aromatic N) is 2. The van der Waals surface area contributed by atoms with Crippen LogP contribution in [0.4, 0.5) is 0 Å². The van der Waals surface area contributed by atoms with Crippen LogP contribution in [0.1, 0.15) is 33.7 Å². The Morgan fingerprint density at radius 1 is 1.58 bits per heavy atom. The van der Waals surface area contributed by atoms with Gasteiger partial charge in [-0.3, -0.25) is 4.79 Å². The van der Waals surface area contributed by atoms with E-state index in [0.29, 0.717) is 12.2 Å². The highest BCUT2D eigenvalue weighted by Crippen LogP contribution is 2.16. The van der Waals surface area contributed by atoms with Crippen molar-refractivity contribution in [1.29, 1.82) is 0 Å². The van der Waals surface area contributed by atoms with Crippen LogP contribution in [-0.2, 0) is 13.1 Å². The van der Waals surface area contributed by atoms with Gasteiger partial charge in [-0.05, 0) is 35.3 Å². The van der Waals surface area contributed by atoms with Gasteiger partial charge in [-0.2, -0.15) is 0 Å². The highest BCUT2D eigenvalue weighted by atomic mass is 79.9. The van der Waals surface area contributed by atoms with Gasteiger partial charge in [0.2, 0.25) is 0 Å². The summed E-state index contributed by atoms with van der Waals surface area (Å²) < 4.78 is 2.90. The number of nitrogens with one attached hydrogen (secondary N) is 1. The molecule has 0 spiro atoms. The average molecular weight is 342 g/mol. The Morgan fingerprint density at radius 2 is 2.37 bits per heavy atom. The van der Waals surface area contributed by atoms with E-state index in [0.717, 1.165) is 27.3 Å². The van der Waals surface area contributed by atoms with Crippen LogP contribution in [0.2, 0.25) is 0 Å². The molecule has 0 aromatic carbocycles. The lowest BCUT2D eigenvalue weighted by Gasteiger charge is -2.07. The third-order valence-electron chi connectivity index (χ3n) is 2.65. The zero-order valence-electron chi connectivity index (χ0n) is 10.9. The van der Waals surface area contributed by atoms with E-state index in [1.165, 1.54) is 0 Å². The Bertz CT molecular complexity index is 576. The molecule has 1 N–H and O–H groups in total. The first-order valence-corrected chi connectivity index (χ1v) is 7.76. The summed E-state index contributed by atoms with van der Waals surface area (Å²) >= 11 is 5.01. The molecular weight excluding hydrogens is 326 g/mol. The van der Waals surface area contributed by atoms with E-state index in [9.17, 15) is 4.79 Å². The average Bonchev–Trinajstić information content (AvgIpc) is 2.93. The van der Waals surface area contributed by atoms with Crippen LogP contribution < -0.4 is 5.32 Å². The zero-order valence-corrected chi connectivity index (χ0v) is 13.3. The minimum atomic E-state index is -0.0507. The molecule has 1 amide bonds. The van der Waals surface area contributed by atoms with Crippen LogP contribution in [0.15, 0.2) is 22.9 Å². The van der Waals surface area contributed by atoms with Gasteiger partial charge in [-0.1, -0.05) is 6.92 Å². The maximum Gasteiger partial charge on any atom is 0.268 e. The number of thiazole rings is 1. The van der Waals surface area contributed by atoms with Gasteiger partial charge in [0, 0.05) is 28.3 Å². The number of aryl methyl sites for hydroxylation is 2. The third kappa shape index (κ3) is 3.67. The molecule has 0 saturated carbocycles. The van der Waals surface area contributed by atoms with E-state index in [2.05, 4.69) is 33.2 Å². The van der Waals surface area contributed by atoms with E-state index in [4.69, 9.17) is 0 Å². The van der Waals surface area contributed by atoms with Crippen molar-refractivity contribution >= 4 is 33.2 Å². The van der Waals surface area contributed by atoms with E-state index in [-0.39, 0.29) is 5.91 Å². The summed E-state index contributed by atoms with van der Waals surface area (Å²) in [5.74, 6) is -0.0507. The molecule has 0 saturated heterocycles. The Balaban J connectivity index is 2.03. The molecular formula is C13H16BrN3OS. The molecule has 0 aliphatic carbocycles. The van der Waals surface area contributed by atoms with Crippen LogP contribution in [0.25, 0.3) is 0 Å². The fraction of sp³-hybridized carbons (Fsp3) is 0.385. The van der Waals surface area contributed by atoms with Crippen molar-refractivity contribution in [3.63, 3.8) is 0 Å². The number of carbonyl (C=O) groups is 1. The summed E-state index contributed by atoms with van der Waals surface area (Å²) in [7, 11) is 0. The SMILES string of the molecule is CCCn1cc(Br)cc1C(=O)NCc1cnc(C)s1. The van der Waals surface area contributed by atoms with Crippen molar-refractivity contribution < 1.29 is 4.79 Å². The summed E-state index contributed by atoms with van der Waals surface area (Å²) in [6.07, 6.45) is 4.74. The number of amides is 1. The minimum Gasteiger partial charge on any atom is -0.346 e. The molecule has 6 heteroatoms. The fourth-order valence-electron chi connectivity index (χ4n) is 1.84. The summed E-state index contributed by atoms with van der Waals surface area (Å²) in [5.41, 5.74) is 0.690. The zero-order chi connectivity index (χ0) is 13.8. The maximum atomic E-state index is 12.2. The van der Waals surface area contributed by atoms with Gasteiger partial charge in [0.25, 0.3) is 5.91 Å². The number of halogens is 1. The molecule has 0 atom stereocenters. The Kier molecular flexibility index (Phi) is 4.76. The van der Waals surface area contributed by atoms with Gasteiger partial charge in [0.1, 0.15) is 5.69 Å². The molecule has 0 fully saturated rings. The molecule has 2 heterocycles. The molecule has 0 unspecified atom stereocenters.